The fourth-order valence-electron chi connectivity index (χ4n) is 2.49. The van der Waals surface area contributed by atoms with Gasteiger partial charge in [-0.1, -0.05) is 6.07 Å². The van der Waals surface area contributed by atoms with Crippen molar-refractivity contribution in [2.75, 3.05) is 6.61 Å². The van der Waals surface area contributed by atoms with Crippen molar-refractivity contribution in [1.29, 1.82) is 0 Å². The molecule has 25 heavy (non-hydrogen) atoms. The minimum atomic E-state index is -3.95. The second-order valence-corrected chi connectivity index (χ2v) is 7.21. The third-order valence-corrected chi connectivity index (χ3v) is 5.55. The Morgan fingerprint density at radius 3 is 2.68 bits per heavy atom. The van der Waals surface area contributed by atoms with Crippen molar-refractivity contribution in [1.82, 2.24) is 0 Å². The molecule has 3 rings (SSSR count). The summed E-state index contributed by atoms with van der Waals surface area (Å²) in [6.45, 7) is 3.34. The third-order valence-electron chi connectivity index (χ3n) is 3.65. The highest BCUT2D eigenvalue weighted by Gasteiger charge is 2.35. The zero-order valence-electron chi connectivity index (χ0n) is 13.5. The molecule has 0 aliphatic carbocycles. The van der Waals surface area contributed by atoms with Crippen LogP contribution < -0.4 is 9.47 Å². The van der Waals surface area contributed by atoms with Crippen LogP contribution in [0.25, 0.3) is 0 Å². The van der Waals surface area contributed by atoms with Gasteiger partial charge in [0.1, 0.15) is 5.82 Å². The second-order valence-electron chi connectivity index (χ2n) is 5.30. The Kier molecular flexibility index (Phi) is 4.38. The number of sulfone groups is 1. The smallest absolute Gasteiger partial charge is 0.389 e. The summed E-state index contributed by atoms with van der Waals surface area (Å²) >= 11 is 0. The largest absolute Gasteiger partial charge is 0.460 e. The predicted molar refractivity (Wildman–Crippen MR) is 84.7 cm³/mol. The maximum atomic E-state index is 13.4. The van der Waals surface area contributed by atoms with Crippen LogP contribution >= 0.6 is 0 Å². The quantitative estimate of drug-likeness (QED) is 0.774. The lowest BCUT2D eigenvalue weighted by Gasteiger charge is -2.10. The van der Waals surface area contributed by atoms with Gasteiger partial charge in [-0.05, 0) is 44.2 Å². The molecule has 1 aliphatic heterocycles. The molecule has 0 bridgehead atoms. The van der Waals surface area contributed by atoms with E-state index in [1.165, 1.54) is 31.2 Å². The number of benzene rings is 2. The lowest BCUT2D eigenvalue weighted by molar-refractivity contribution is -0.161. The summed E-state index contributed by atoms with van der Waals surface area (Å²) in [6, 6.07) is 7.47. The lowest BCUT2D eigenvalue weighted by atomic mass is 10.2. The summed E-state index contributed by atoms with van der Waals surface area (Å²) in [4.78, 5) is 11.5. The van der Waals surface area contributed by atoms with Gasteiger partial charge in [0.25, 0.3) is 0 Å². The molecule has 0 saturated carbocycles. The van der Waals surface area contributed by atoms with E-state index in [9.17, 15) is 17.6 Å². The maximum absolute atomic E-state index is 13.4. The Labute approximate surface area is 144 Å². The molecule has 2 aromatic carbocycles. The Hall–Kier alpha value is -2.61. The Morgan fingerprint density at radius 2 is 2.00 bits per heavy atom. The lowest BCUT2D eigenvalue weighted by Crippen LogP contribution is -2.31. The van der Waals surface area contributed by atoms with Gasteiger partial charge >= 0.3 is 12.3 Å². The van der Waals surface area contributed by atoms with Gasteiger partial charge in [-0.25, -0.2) is 17.6 Å². The molecule has 0 aromatic heterocycles. The van der Waals surface area contributed by atoms with Gasteiger partial charge < -0.3 is 14.2 Å². The fraction of sp³-hybridized carbons (Fsp3) is 0.235. The molecule has 1 unspecified atom stereocenters. The van der Waals surface area contributed by atoms with Crippen LogP contribution in [0.15, 0.2) is 46.2 Å². The zero-order valence-corrected chi connectivity index (χ0v) is 14.3. The predicted octanol–water partition coefficient (Wildman–Crippen LogP) is 2.63. The van der Waals surface area contributed by atoms with Crippen molar-refractivity contribution in [3.63, 3.8) is 0 Å². The Morgan fingerprint density at radius 1 is 1.24 bits per heavy atom. The van der Waals surface area contributed by atoms with Gasteiger partial charge in [0.2, 0.25) is 9.84 Å². The number of hydrogen-bond acceptors (Lipinski definition) is 6. The molecule has 6 nitrogen and oxygen atoms in total. The Bertz CT molecular complexity index is 938. The standard InChI is InChI=1S/C17H15FO6S/c1-3-22-16(19)17-23-13-7-8-14(10(2)15(13)24-17)25(20,21)12-6-4-5-11(18)9-12/h4-9,17H,3H2,1-2H3. The SMILES string of the molecule is CCOC(=O)C1Oc2ccc(S(=O)(=O)c3cccc(F)c3)c(C)c2O1. The zero-order chi connectivity index (χ0) is 18.2. The highest BCUT2D eigenvalue weighted by Crippen LogP contribution is 2.41. The van der Waals surface area contributed by atoms with Gasteiger partial charge in [-0.15, -0.1) is 0 Å². The van der Waals surface area contributed by atoms with Crippen LogP contribution in [0.1, 0.15) is 12.5 Å². The van der Waals surface area contributed by atoms with Gasteiger partial charge in [0.05, 0.1) is 16.4 Å². The molecule has 0 radical (unpaired) electrons. The number of carbonyl (C=O) groups is 1. The van der Waals surface area contributed by atoms with Gasteiger partial charge in [-0.3, -0.25) is 0 Å². The molecule has 8 heteroatoms. The fourth-order valence-corrected chi connectivity index (χ4v) is 4.02. The van der Waals surface area contributed by atoms with Crippen molar-refractivity contribution in [3.05, 3.63) is 47.8 Å². The van der Waals surface area contributed by atoms with Crippen LogP contribution in [-0.2, 0) is 19.4 Å². The molecule has 1 aliphatic rings. The van der Waals surface area contributed by atoms with Crippen LogP contribution in [0.4, 0.5) is 4.39 Å². The van der Waals surface area contributed by atoms with E-state index in [4.69, 9.17) is 14.2 Å². The summed E-state index contributed by atoms with van der Waals surface area (Å²) in [7, 11) is -3.95. The topological polar surface area (TPSA) is 78.9 Å². The highest BCUT2D eigenvalue weighted by atomic mass is 32.2. The molecular formula is C17H15FO6S. The molecule has 0 spiro atoms. The maximum Gasteiger partial charge on any atom is 0.389 e. The third kappa shape index (κ3) is 3.05. The first-order valence-electron chi connectivity index (χ1n) is 7.48. The summed E-state index contributed by atoms with van der Waals surface area (Å²) in [6.07, 6.45) is -1.28. The van der Waals surface area contributed by atoms with Crippen LogP contribution in [0.5, 0.6) is 11.5 Å². The van der Waals surface area contributed by atoms with Crippen LogP contribution in [-0.4, -0.2) is 27.3 Å². The minimum absolute atomic E-state index is 0.0510. The second kappa shape index (κ2) is 6.36. The van der Waals surface area contributed by atoms with E-state index in [2.05, 4.69) is 0 Å². The molecule has 0 fully saturated rings. The highest BCUT2D eigenvalue weighted by molar-refractivity contribution is 7.91. The number of halogens is 1. The van der Waals surface area contributed by atoms with E-state index in [1.54, 1.807) is 6.92 Å². The summed E-state index contributed by atoms with van der Waals surface area (Å²) in [5.41, 5.74) is 0.272. The number of rotatable bonds is 4. The monoisotopic (exact) mass is 366 g/mol. The van der Waals surface area contributed by atoms with Crippen LogP contribution in [0.2, 0.25) is 0 Å². The number of fused-ring (bicyclic) bond motifs is 1. The van der Waals surface area contributed by atoms with Gasteiger partial charge in [0.15, 0.2) is 11.5 Å². The molecule has 132 valence electrons. The normalized spacial score (nSPS) is 15.9. The van der Waals surface area contributed by atoms with E-state index in [0.717, 1.165) is 12.1 Å². The van der Waals surface area contributed by atoms with Crippen LogP contribution in [0, 0.1) is 12.7 Å². The average molecular weight is 366 g/mol. The van der Waals surface area contributed by atoms with E-state index >= 15 is 0 Å². The summed E-state index contributed by atoms with van der Waals surface area (Å²) < 4.78 is 54.5. The molecule has 0 saturated heterocycles. The van der Waals surface area contributed by atoms with E-state index in [1.807, 2.05) is 0 Å². The minimum Gasteiger partial charge on any atom is -0.460 e. The van der Waals surface area contributed by atoms with Crippen molar-refractivity contribution < 1.29 is 31.8 Å². The van der Waals surface area contributed by atoms with Crippen molar-refractivity contribution in [2.45, 2.75) is 29.9 Å². The average Bonchev–Trinajstić information content (AvgIpc) is 3.00. The Balaban J connectivity index is 2.00. The van der Waals surface area contributed by atoms with Crippen LogP contribution in [0.3, 0.4) is 0 Å². The van der Waals surface area contributed by atoms with Crippen molar-refractivity contribution in [2.24, 2.45) is 0 Å². The van der Waals surface area contributed by atoms with E-state index in [0.29, 0.717) is 0 Å². The van der Waals surface area contributed by atoms with E-state index < -0.39 is 27.9 Å². The van der Waals surface area contributed by atoms with Gasteiger partial charge in [0, 0.05) is 5.56 Å². The first kappa shape index (κ1) is 17.2. The van der Waals surface area contributed by atoms with Crippen molar-refractivity contribution in [3.8, 4) is 11.5 Å². The first-order chi connectivity index (χ1) is 11.8. The van der Waals surface area contributed by atoms with Gasteiger partial charge in [-0.2, -0.15) is 0 Å². The van der Waals surface area contributed by atoms with E-state index in [-0.39, 0.29) is 33.5 Å². The number of carbonyl (C=O) groups excluding carboxylic acids is 1. The molecule has 0 amide bonds. The number of hydrogen-bond donors (Lipinski definition) is 0. The van der Waals surface area contributed by atoms with Crippen molar-refractivity contribution >= 4 is 15.8 Å². The molecule has 2 aromatic rings. The summed E-state index contributed by atoms with van der Waals surface area (Å²) in [5.74, 6) is -0.959. The molecular weight excluding hydrogens is 351 g/mol. The molecule has 1 atom stereocenters. The first-order valence-corrected chi connectivity index (χ1v) is 8.97. The molecule has 0 N–H and O–H groups in total. The number of esters is 1. The summed E-state index contributed by atoms with van der Waals surface area (Å²) in [5, 5.41) is 0. The number of ether oxygens (including phenoxy) is 3. The molecule has 1 heterocycles.